The quantitative estimate of drug-likeness (QED) is 0.220. The highest BCUT2D eigenvalue weighted by atomic mass is 16.6. The lowest BCUT2D eigenvalue weighted by atomic mass is 9.74. The van der Waals surface area contributed by atoms with Crippen molar-refractivity contribution >= 4 is 18.0 Å². The van der Waals surface area contributed by atoms with Crippen LogP contribution in [0, 0.1) is 11.8 Å². The van der Waals surface area contributed by atoms with E-state index in [1.807, 2.05) is 44.2 Å². The molecule has 44 heavy (non-hydrogen) atoms. The van der Waals surface area contributed by atoms with Crippen LogP contribution < -0.4 is 23.7 Å². The standard InChI is InChI=1S/C34H38O10/c1-18-19(2)31(44-26(36)15-14-21-12-10-9-11-13-21)22-16-24(38-4)32(40-6)29(37)27(22)28-23(30(18)43-20(3)35)17-25(39-5)33(41-7)34(28)42-8/h9-19,30-31,37H,1-8H3. The van der Waals surface area contributed by atoms with Crippen molar-refractivity contribution in [2.75, 3.05) is 35.5 Å². The summed E-state index contributed by atoms with van der Waals surface area (Å²) in [5.74, 6) is -1.23. The van der Waals surface area contributed by atoms with E-state index in [1.165, 1.54) is 48.5 Å². The molecule has 4 rings (SSSR count). The Morgan fingerprint density at radius 3 is 1.75 bits per heavy atom. The first kappa shape index (κ1) is 32.1. The van der Waals surface area contributed by atoms with Crippen LogP contribution in [0.1, 0.15) is 49.7 Å². The molecular weight excluding hydrogens is 568 g/mol. The van der Waals surface area contributed by atoms with Gasteiger partial charge in [-0.2, -0.15) is 0 Å². The van der Waals surface area contributed by atoms with Crippen molar-refractivity contribution in [3.05, 3.63) is 65.2 Å². The van der Waals surface area contributed by atoms with Gasteiger partial charge in [0.15, 0.2) is 23.0 Å². The van der Waals surface area contributed by atoms with Gasteiger partial charge >= 0.3 is 11.9 Å². The van der Waals surface area contributed by atoms with E-state index in [-0.39, 0.29) is 34.3 Å². The first-order chi connectivity index (χ1) is 21.1. The van der Waals surface area contributed by atoms with Gasteiger partial charge in [-0.05, 0) is 23.8 Å². The number of benzene rings is 3. The van der Waals surface area contributed by atoms with Crippen LogP contribution in [0.3, 0.4) is 0 Å². The van der Waals surface area contributed by atoms with Crippen LogP contribution >= 0.6 is 0 Å². The average Bonchev–Trinajstić information content (AvgIpc) is 3.03. The summed E-state index contributed by atoms with van der Waals surface area (Å²) in [7, 11) is 7.24. The molecule has 0 saturated carbocycles. The number of aromatic hydroxyl groups is 1. The molecule has 1 aliphatic carbocycles. The zero-order valence-electron chi connectivity index (χ0n) is 26.1. The van der Waals surface area contributed by atoms with E-state index in [0.717, 1.165) is 5.56 Å². The van der Waals surface area contributed by atoms with Crippen LogP contribution in [0.15, 0.2) is 48.5 Å². The van der Waals surface area contributed by atoms with Crippen molar-refractivity contribution in [3.63, 3.8) is 0 Å². The largest absolute Gasteiger partial charge is 0.504 e. The minimum Gasteiger partial charge on any atom is -0.504 e. The predicted octanol–water partition coefficient (Wildman–Crippen LogP) is 6.29. The summed E-state index contributed by atoms with van der Waals surface area (Å²) in [4.78, 5) is 25.8. The molecule has 0 aliphatic heterocycles. The predicted molar refractivity (Wildman–Crippen MR) is 163 cm³/mol. The first-order valence-corrected chi connectivity index (χ1v) is 14.0. The molecule has 3 aromatic rings. The molecule has 10 nitrogen and oxygen atoms in total. The van der Waals surface area contributed by atoms with Crippen LogP contribution in [-0.4, -0.2) is 52.6 Å². The van der Waals surface area contributed by atoms with Crippen LogP contribution in [0.2, 0.25) is 0 Å². The zero-order valence-corrected chi connectivity index (χ0v) is 26.1. The lowest BCUT2D eigenvalue weighted by Crippen LogP contribution is -2.30. The van der Waals surface area contributed by atoms with Crippen molar-refractivity contribution in [2.45, 2.75) is 33.0 Å². The second-order valence-electron chi connectivity index (χ2n) is 10.4. The lowest BCUT2D eigenvalue weighted by Gasteiger charge is -2.38. The fourth-order valence-electron chi connectivity index (χ4n) is 5.67. The van der Waals surface area contributed by atoms with Crippen LogP contribution in [-0.2, 0) is 19.1 Å². The second kappa shape index (κ2) is 13.6. The SMILES string of the molecule is COc1cc2c(c(O)c1OC)-c1c(cc(OC)c(OC)c1OC)C(OC(C)=O)C(C)C(C)C2OC(=O)C=Cc1ccccc1. The topological polar surface area (TPSA) is 119 Å². The molecule has 10 heteroatoms. The third-order valence-corrected chi connectivity index (χ3v) is 7.93. The van der Waals surface area contributed by atoms with Gasteiger partial charge in [-0.3, -0.25) is 4.79 Å². The van der Waals surface area contributed by atoms with Crippen LogP contribution in [0.25, 0.3) is 17.2 Å². The molecular formula is C34H38O10. The Balaban J connectivity index is 2.08. The first-order valence-electron chi connectivity index (χ1n) is 14.0. The number of phenolic OH excluding ortho intramolecular Hbond substituents is 1. The Kier molecular flexibility index (Phi) is 9.93. The Hall–Kier alpha value is -4.86. The smallest absolute Gasteiger partial charge is 0.331 e. The maximum absolute atomic E-state index is 13.3. The number of ether oxygens (including phenoxy) is 7. The average molecular weight is 607 g/mol. The minimum atomic E-state index is -0.942. The monoisotopic (exact) mass is 606 g/mol. The molecule has 0 spiro atoms. The van der Waals surface area contributed by atoms with E-state index in [4.69, 9.17) is 33.2 Å². The summed E-state index contributed by atoms with van der Waals surface area (Å²) >= 11 is 0. The van der Waals surface area contributed by atoms with Crippen molar-refractivity contribution in [1.82, 2.24) is 0 Å². The molecule has 1 N–H and O–H groups in total. The van der Waals surface area contributed by atoms with Gasteiger partial charge in [0.05, 0.1) is 35.5 Å². The summed E-state index contributed by atoms with van der Waals surface area (Å²) in [6.45, 7) is 5.11. The van der Waals surface area contributed by atoms with Gasteiger partial charge in [0, 0.05) is 47.1 Å². The van der Waals surface area contributed by atoms with E-state index in [9.17, 15) is 14.7 Å². The number of carbonyl (C=O) groups is 2. The Labute approximate surface area is 257 Å². The molecule has 0 saturated heterocycles. The number of rotatable bonds is 9. The molecule has 234 valence electrons. The maximum Gasteiger partial charge on any atom is 0.331 e. The van der Waals surface area contributed by atoms with Gasteiger partial charge in [0.25, 0.3) is 0 Å². The fourth-order valence-corrected chi connectivity index (χ4v) is 5.67. The fraction of sp³-hybridized carbons (Fsp3) is 0.353. The van der Waals surface area contributed by atoms with Crippen molar-refractivity contribution in [1.29, 1.82) is 0 Å². The van der Waals surface area contributed by atoms with E-state index >= 15 is 0 Å². The molecule has 0 aromatic heterocycles. The summed E-state index contributed by atoms with van der Waals surface area (Å²) in [5.41, 5.74) is 2.32. The van der Waals surface area contributed by atoms with E-state index < -0.39 is 36.0 Å². The normalized spacial score (nSPS) is 19.1. The number of hydrogen-bond acceptors (Lipinski definition) is 10. The molecule has 0 heterocycles. The molecule has 0 bridgehead atoms. The number of hydrogen-bond donors (Lipinski definition) is 1. The van der Waals surface area contributed by atoms with Crippen LogP contribution in [0.4, 0.5) is 0 Å². The number of esters is 2. The van der Waals surface area contributed by atoms with Gasteiger partial charge in [-0.15, -0.1) is 0 Å². The van der Waals surface area contributed by atoms with Gasteiger partial charge in [0.1, 0.15) is 12.2 Å². The lowest BCUT2D eigenvalue weighted by molar-refractivity contribution is -0.156. The van der Waals surface area contributed by atoms with Crippen LogP contribution in [0.5, 0.6) is 34.5 Å². The number of phenols is 1. The molecule has 0 fully saturated rings. The highest BCUT2D eigenvalue weighted by molar-refractivity contribution is 5.90. The zero-order chi connectivity index (χ0) is 32.1. The highest BCUT2D eigenvalue weighted by Gasteiger charge is 2.43. The van der Waals surface area contributed by atoms with Gasteiger partial charge in [-0.1, -0.05) is 44.2 Å². The maximum atomic E-state index is 13.3. The van der Waals surface area contributed by atoms with E-state index in [0.29, 0.717) is 22.4 Å². The summed E-state index contributed by atoms with van der Waals surface area (Å²) in [6, 6.07) is 12.7. The summed E-state index contributed by atoms with van der Waals surface area (Å²) < 4.78 is 40.5. The Bertz CT molecular complexity index is 1550. The Morgan fingerprint density at radius 1 is 0.705 bits per heavy atom. The summed E-state index contributed by atoms with van der Waals surface area (Å²) in [6.07, 6.45) is 1.19. The third kappa shape index (κ3) is 5.97. The van der Waals surface area contributed by atoms with Crippen molar-refractivity contribution < 1.29 is 47.9 Å². The van der Waals surface area contributed by atoms with Crippen molar-refractivity contribution in [3.8, 4) is 45.6 Å². The second-order valence-corrected chi connectivity index (χ2v) is 10.4. The number of methoxy groups -OCH3 is 5. The Morgan fingerprint density at radius 2 is 1.23 bits per heavy atom. The molecule has 0 radical (unpaired) electrons. The number of fused-ring (bicyclic) bond motifs is 3. The molecule has 3 aromatic carbocycles. The van der Waals surface area contributed by atoms with Gasteiger partial charge in [0.2, 0.25) is 11.5 Å². The molecule has 1 aliphatic rings. The van der Waals surface area contributed by atoms with Gasteiger partial charge < -0.3 is 38.3 Å². The van der Waals surface area contributed by atoms with E-state index in [2.05, 4.69) is 0 Å². The third-order valence-electron chi connectivity index (χ3n) is 7.93. The van der Waals surface area contributed by atoms with E-state index in [1.54, 1.807) is 18.2 Å². The summed E-state index contributed by atoms with van der Waals surface area (Å²) in [5, 5.41) is 11.8. The molecule has 0 amide bonds. The highest BCUT2D eigenvalue weighted by Crippen LogP contribution is 2.59. The molecule has 4 atom stereocenters. The molecule has 4 unspecified atom stereocenters. The minimum absolute atomic E-state index is 0.0494. The number of carbonyl (C=O) groups excluding carboxylic acids is 2. The van der Waals surface area contributed by atoms with Gasteiger partial charge in [-0.25, -0.2) is 4.79 Å². The van der Waals surface area contributed by atoms with Crippen molar-refractivity contribution in [2.24, 2.45) is 11.8 Å².